The van der Waals surface area contributed by atoms with E-state index in [0.29, 0.717) is 41.9 Å². The molecule has 1 amide bonds. The number of anilines is 4. The van der Waals surface area contributed by atoms with Crippen molar-refractivity contribution >= 4 is 39.8 Å². The predicted octanol–water partition coefficient (Wildman–Crippen LogP) is 5.33. The standard InChI is InChI=1S/C28H29F4N7O2/c1-6-25(40)35-20-12-21(24(41-5)13-23(20)38(3)10-9-33-2)36-27-34-14-19(28(30,31)32)26(37-27)18-15-39(4)22-8-7-16(29)11-17(18)22/h6-8,11-15,33H,1,9-10H2,2-5H3,(H,35,40)(H,34,36,37). The molecule has 0 radical (unpaired) electrons. The zero-order chi connectivity index (χ0) is 29.9. The fourth-order valence-electron chi connectivity index (χ4n) is 4.36. The number of benzene rings is 2. The highest BCUT2D eigenvalue weighted by molar-refractivity contribution is 6.02. The fraction of sp³-hybridized carbons (Fsp3) is 0.250. The first kappa shape index (κ1) is 29.3. The normalized spacial score (nSPS) is 11.4. The molecule has 4 aromatic rings. The Morgan fingerprint density at radius 2 is 1.98 bits per heavy atom. The third kappa shape index (κ3) is 6.24. The van der Waals surface area contributed by atoms with Gasteiger partial charge in [0, 0.05) is 62.1 Å². The van der Waals surface area contributed by atoms with Gasteiger partial charge in [-0.05, 0) is 37.4 Å². The number of ether oxygens (including phenoxy) is 1. The maximum atomic E-state index is 14.1. The molecule has 0 aliphatic carbocycles. The second-order valence-corrected chi connectivity index (χ2v) is 9.18. The van der Waals surface area contributed by atoms with Crippen molar-refractivity contribution < 1.29 is 27.1 Å². The number of amides is 1. The summed E-state index contributed by atoms with van der Waals surface area (Å²) >= 11 is 0. The largest absolute Gasteiger partial charge is 0.494 e. The second-order valence-electron chi connectivity index (χ2n) is 9.18. The van der Waals surface area contributed by atoms with Crippen LogP contribution in [0.15, 0.2) is 55.4 Å². The first-order valence-corrected chi connectivity index (χ1v) is 12.4. The van der Waals surface area contributed by atoms with Crippen LogP contribution in [0.4, 0.5) is 40.6 Å². The molecule has 3 N–H and O–H groups in total. The molecule has 2 aromatic heterocycles. The van der Waals surface area contributed by atoms with Crippen LogP contribution in [-0.2, 0) is 18.0 Å². The van der Waals surface area contributed by atoms with Crippen LogP contribution in [0.5, 0.6) is 5.75 Å². The smallest absolute Gasteiger partial charge is 0.419 e. The summed E-state index contributed by atoms with van der Waals surface area (Å²) in [5, 5.41) is 8.98. The van der Waals surface area contributed by atoms with E-state index in [9.17, 15) is 22.4 Å². The molecule has 13 heteroatoms. The Kier molecular flexibility index (Phi) is 8.47. The van der Waals surface area contributed by atoms with E-state index in [2.05, 4.69) is 32.5 Å². The minimum Gasteiger partial charge on any atom is -0.494 e. The van der Waals surface area contributed by atoms with Gasteiger partial charge in [0.15, 0.2) is 0 Å². The Morgan fingerprint density at radius 3 is 2.63 bits per heavy atom. The van der Waals surface area contributed by atoms with Crippen LogP contribution in [0.2, 0.25) is 0 Å². The molecule has 0 saturated carbocycles. The maximum Gasteiger partial charge on any atom is 0.419 e. The summed E-state index contributed by atoms with van der Waals surface area (Å²) in [5.74, 6) is -0.896. The number of alkyl halides is 3. The monoisotopic (exact) mass is 571 g/mol. The Bertz CT molecular complexity index is 1600. The van der Waals surface area contributed by atoms with Crippen LogP contribution in [0.25, 0.3) is 22.2 Å². The molecular weight excluding hydrogens is 542 g/mol. The molecule has 0 atom stereocenters. The van der Waals surface area contributed by atoms with Crippen LogP contribution >= 0.6 is 0 Å². The van der Waals surface area contributed by atoms with Crippen molar-refractivity contribution in [3.8, 4) is 17.0 Å². The summed E-state index contributed by atoms with van der Waals surface area (Å²) in [6, 6.07) is 7.13. The number of carbonyl (C=O) groups excluding carboxylic acids is 1. The van der Waals surface area contributed by atoms with Gasteiger partial charge >= 0.3 is 6.18 Å². The van der Waals surface area contributed by atoms with Crippen LogP contribution in [0, 0.1) is 5.82 Å². The van der Waals surface area contributed by atoms with Crippen molar-refractivity contribution in [3.63, 3.8) is 0 Å². The number of likely N-dealkylation sites (N-methyl/N-ethyl adjacent to an activating group) is 2. The minimum absolute atomic E-state index is 0.0900. The summed E-state index contributed by atoms with van der Waals surface area (Å²) in [6.45, 7) is 4.75. The van der Waals surface area contributed by atoms with E-state index in [0.717, 1.165) is 6.08 Å². The molecule has 0 bridgehead atoms. The van der Waals surface area contributed by atoms with Gasteiger partial charge in [0.2, 0.25) is 11.9 Å². The van der Waals surface area contributed by atoms with E-state index in [1.54, 1.807) is 23.7 Å². The fourth-order valence-corrected chi connectivity index (χ4v) is 4.36. The Morgan fingerprint density at radius 1 is 1.22 bits per heavy atom. The summed E-state index contributed by atoms with van der Waals surface area (Å²) in [4.78, 5) is 22.2. The molecule has 0 aliphatic rings. The number of halogens is 4. The van der Waals surface area contributed by atoms with E-state index in [-0.39, 0.29) is 22.6 Å². The van der Waals surface area contributed by atoms with Crippen molar-refractivity contribution in [1.82, 2.24) is 19.9 Å². The average molecular weight is 572 g/mol. The zero-order valence-corrected chi connectivity index (χ0v) is 22.9. The predicted molar refractivity (Wildman–Crippen MR) is 151 cm³/mol. The SMILES string of the molecule is C=CC(=O)Nc1cc(Nc2ncc(C(F)(F)F)c(-c3cn(C)c4ccc(F)cc34)n2)c(OC)cc1N(C)CCNC. The van der Waals surface area contributed by atoms with E-state index in [1.807, 2.05) is 19.0 Å². The highest BCUT2D eigenvalue weighted by Gasteiger charge is 2.36. The number of hydrogen-bond donors (Lipinski definition) is 3. The van der Waals surface area contributed by atoms with Gasteiger partial charge in [0.1, 0.15) is 17.1 Å². The third-order valence-corrected chi connectivity index (χ3v) is 6.42. The Labute approximate surface area is 233 Å². The Balaban J connectivity index is 1.84. The molecule has 0 saturated heterocycles. The first-order valence-electron chi connectivity index (χ1n) is 12.4. The number of nitrogens with one attached hydrogen (secondary N) is 3. The van der Waals surface area contributed by atoms with Crippen molar-refractivity contribution in [1.29, 1.82) is 0 Å². The topological polar surface area (TPSA) is 96.3 Å². The molecule has 0 fully saturated rings. The van der Waals surface area contributed by atoms with Crippen molar-refractivity contribution in [3.05, 3.63) is 66.8 Å². The van der Waals surface area contributed by atoms with Crippen LogP contribution in [0.3, 0.4) is 0 Å². The van der Waals surface area contributed by atoms with E-state index in [1.165, 1.54) is 31.5 Å². The molecule has 216 valence electrons. The number of carbonyl (C=O) groups is 1. The molecular formula is C28H29F4N7O2. The highest BCUT2D eigenvalue weighted by atomic mass is 19.4. The maximum absolute atomic E-state index is 14.1. The van der Waals surface area contributed by atoms with E-state index >= 15 is 0 Å². The van der Waals surface area contributed by atoms with Crippen LogP contribution in [0.1, 0.15) is 5.56 Å². The van der Waals surface area contributed by atoms with Gasteiger partial charge in [0.05, 0.1) is 29.9 Å². The van der Waals surface area contributed by atoms with Gasteiger partial charge in [-0.3, -0.25) is 4.79 Å². The van der Waals surface area contributed by atoms with E-state index < -0.39 is 29.2 Å². The number of methoxy groups -OCH3 is 1. The van der Waals surface area contributed by atoms with Gasteiger partial charge in [0.25, 0.3) is 0 Å². The average Bonchev–Trinajstić information content (AvgIpc) is 3.26. The van der Waals surface area contributed by atoms with Crippen LogP contribution < -0.4 is 25.6 Å². The lowest BCUT2D eigenvalue weighted by Crippen LogP contribution is -2.28. The van der Waals surface area contributed by atoms with Gasteiger partial charge in [-0.15, -0.1) is 0 Å². The van der Waals surface area contributed by atoms with Crippen molar-refractivity contribution in [2.75, 3.05) is 49.8 Å². The molecule has 0 aliphatic heterocycles. The lowest BCUT2D eigenvalue weighted by atomic mass is 10.1. The van der Waals surface area contributed by atoms with Gasteiger partial charge in [-0.25, -0.2) is 14.4 Å². The number of nitrogens with zero attached hydrogens (tertiary/aromatic N) is 4. The lowest BCUT2D eigenvalue weighted by molar-refractivity contribution is -0.137. The van der Waals surface area contributed by atoms with E-state index in [4.69, 9.17) is 4.74 Å². The van der Waals surface area contributed by atoms with Gasteiger partial charge < -0.3 is 30.2 Å². The molecule has 0 unspecified atom stereocenters. The highest BCUT2D eigenvalue weighted by Crippen LogP contribution is 2.41. The van der Waals surface area contributed by atoms with Crippen molar-refractivity contribution in [2.45, 2.75) is 6.18 Å². The molecule has 0 spiro atoms. The molecule has 4 rings (SSSR count). The van der Waals surface area contributed by atoms with Gasteiger partial charge in [-0.2, -0.15) is 13.2 Å². The third-order valence-electron chi connectivity index (χ3n) is 6.42. The number of aryl methyl sites for hydroxylation is 1. The summed E-state index contributed by atoms with van der Waals surface area (Å²) in [7, 11) is 6.73. The van der Waals surface area contributed by atoms with Crippen molar-refractivity contribution in [2.24, 2.45) is 7.05 Å². The number of rotatable bonds is 10. The number of hydrogen-bond acceptors (Lipinski definition) is 7. The number of fused-ring (bicyclic) bond motifs is 1. The summed E-state index contributed by atoms with van der Waals surface area (Å²) < 4.78 is 63.4. The molecule has 9 nitrogen and oxygen atoms in total. The van der Waals surface area contributed by atoms with Gasteiger partial charge in [-0.1, -0.05) is 6.58 Å². The Hall–Kier alpha value is -4.65. The van der Waals surface area contributed by atoms with Crippen LogP contribution in [-0.4, -0.2) is 54.7 Å². The quantitative estimate of drug-likeness (QED) is 0.175. The molecule has 41 heavy (non-hydrogen) atoms. The summed E-state index contributed by atoms with van der Waals surface area (Å²) in [6.07, 6.45) is -1.52. The summed E-state index contributed by atoms with van der Waals surface area (Å²) in [5.41, 5.74) is 0.434. The number of aromatic nitrogens is 3. The zero-order valence-electron chi connectivity index (χ0n) is 22.9. The minimum atomic E-state index is -4.78. The first-order chi connectivity index (χ1) is 19.5. The molecule has 2 aromatic carbocycles. The second kappa shape index (κ2) is 11.8. The molecule has 2 heterocycles. The lowest BCUT2D eigenvalue weighted by Gasteiger charge is -2.24.